The first-order valence-electron chi connectivity index (χ1n) is 7.79. The maximum atomic E-state index is 5.92. The summed E-state index contributed by atoms with van der Waals surface area (Å²) in [4.78, 5) is 6.33. The molecule has 2 aromatic carbocycles. The fourth-order valence-corrected chi connectivity index (χ4v) is 2.50. The average molecular weight is 311 g/mol. The van der Waals surface area contributed by atoms with Gasteiger partial charge >= 0.3 is 0 Å². The van der Waals surface area contributed by atoms with Crippen LogP contribution in [0.2, 0.25) is 0 Å². The molecule has 0 spiro atoms. The van der Waals surface area contributed by atoms with Gasteiger partial charge in [0.05, 0.1) is 0 Å². The van der Waals surface area contributed by atoms with Crippen molar-refractivity contribution in [3.05, 3.63) is 59.7 Å². The van der Waals surface area contributed by atoms with Gasteiger partial charge < -0.3 is 21.7 Å². The van der Waals surface area contributed by atoms with Gasteiger partial charge in [0.2, 0.25) is 0 Å². The molecule has 5 nitrogen and oxygen atoms in total. The van der Waals surface area contributed by atoms with Crippen LogP contribution in [0.5, 0.6) is 0 Å². The minimum Gasteiger partial charge on any atom is -0.370 e. The molecule has 0 aliphatic rings. The normalized spacial score (nSPS) is 11.3. The molecular formula is C18H25N5. The van der Waals surface area contributed by atoms with Crippen LogP contribution in [0.15, 0.2) is 53.5 Å². The van der Waals surface area contributed by atoms with Crippen molar-refractivity contribution in [2.45, 2.75) is 20.0 Å². The number of hydrogen-bond acceptors (Lipinski definition) is 3. The van der Waals surface area contributed by atoms with E-state index in [1.165, 1.54) is 5.56 Å². The highest BCUT2D eigenvalue weighted by atomic mass is 15.1. The lowest BCUT2D eigenvalue weighted by atomic mass is 10.1. The molecule has 5 N–H and O–H groups in total. The Hall–Kier alpha value is -2.53. The largest absolute Gasteiger partial charge is 0.370 e. The van der Waals surface area contributed by atoms with Crippen molar-refractivity contribution in [1.82, 2.24) is 0 Å². The number of benzene rings is 2. The minimum atomic E-state index is 0.417. The number of anilines is 2. The second-order valence-electron chi connectivity index (χ2n) is 5.37. The maximum Gasteiger partial charge on any atom is 0.193 e. The topological polar surface area (TPSA) is 79.7 Å². The van der Waals surface area contributed by atoms with Gasteiger partial charge in [-0.25, -0.2) is 0 Å². The van der Waals surface area contributed by atoms with Crippen LogP contribution in [0.3, 0.4) is 0 Å². The van der Waals surface area contributed by atoms with E-state index in [0.29, 0.717) is 19.0 Å². The summed E-state index contributed by atoms with van der Waals surface area (Å²) < 4.78 is 0. The van der Waals surface area contributed by atoms with Gasteiger partial charge in [-0.2, -0.15) is 0 Å². The molecule has 5 heteroatoms. The minimum absolute atomic E-state index is 0.417. The number of nitrogens with two attached hydrogens (primary N) is 2. The van der Waals surface area contributed by atoms with Crippen molar-refractivity contribution in [2.75, 3.05) is 23.8 Å². The molecule has 0 heterocycles. The van der Waals surface area contributed by atoms with E-state index in [1.807, 2.05) is 25.1 Å². The summed E-state index contributed by atoms with van der Waals surface area (Å²) in [5.41, 5.74) is 16.1. The quantitative estimate of drug-likeness (QED) is 0.566. The number of nitrogens with one attached hydrogen (secondary N) is 1. The Bertz CT molecular complexity index is 652. The van der Waals surface area contributed by atoms with E-state index >= 15 is 0 Å². The fraction of sp³-hybridized carbons (Fsp3) is 0.278. The second-order valence-corrected chi connectivity index (χ2v) is 5.37. The summed E-state index contributed by atoms with van der Waals surface area (Å²) in [7, 11) is 2.07. The molecule has 23 heavy (non-hydrogen) atoms. The lowest BCUT2D eigenvalue weighted by Gasteiger charge is -2.23. The Balaban J connectivity index is 2.17. The van der Waals surface area contributed by atoms with Crippen molar-refractivity contribution >= 4 is 17.3 Å². The van der Waals surface area contributed by atoms with Crippen molar-refractivity contribution in [2.24, 2.45) is 16.5 Å². The summed E-state index contributed by atoms with van der Waals surface area (Å²) in [5, 5.41) is 3.09. The molecule has 0 saturated heterocycles. The van der Waals surface area contributed by atoms with Gasteiger partial charge in [0, 0.05) is 38.1 Å². The van der Waals surface area contributed by atoms with Gasteiger partial charge in [-0.1, -0.05) is 30.3 Å². The number of nitrogens with zero attached hydrogens (tertiary/aromatic N) is 2. The highest BCUT2D eigenvalue weighted by Gasteiger charge is 2.08. The van der Waals surface area contributed by atoms with Gasteiger partial charge in [0.25, 0.3) is 0 Å². The van der Waals surface area contributed by atoms with Gasteiger partial charge in [-0.15, -0.1) is 0 Å². The zero-order valence-electron chi connectivity index (χ0n) is 13.8. The van der Waals surface area contributed by atoms with Crippen molar-refractivity contribution in [3.63, 3.8) is 0 Å². The smallest absolute Gasteiger partial charge is 0.193 e. The monoisotopic (exact) mass is 311 g/mol. The molecule has 0 aliphatic carbocycles. The molecule has 0 aromatic heterocycles. The van der Waals surface area contributed by atoms with E-state index in [0.717, 1.165) is 23.5 Å². The predicted octanol–water partition coefficient (Wildman–Crippen LogP) is 2.53. The van der Waals surface area contributed by atoms with Crippen LogP contribution in [0.25, 0.3) is 0 Å². The fourth-order valence-electron chi connectivity index (χ4n) is 2.50. The molecular weight excluding hydrogens is 286 g/mol. The van der Waals surface area contributed by atoms with Crippen LogP contribution in [0, 0.1) is 0 Å². The molecule has 0 bridgehead atoms. The lowest BCUT2D eigenvalue weighted by Crippen LogP contribution is -2.23. The zero-order chi connectivity index (χ0) is 16.7. The lowest BCUT2D eigenvalue weighted by molar-refractivity contribution is 0.904. The van der Waals surface area contributed by atoms with E-state index in [9.17, 15) is 0 Å². The van der Waals surface area contributed by atoms with Crippen molar-refractivity contribution in [1.29, 1.82) is 0 Å². The molecule has 0 atom stereocenters. The Kier molecular flexibility index (Phi) is 6.00. The summed E-state index contributed by atoms with van der Waals surface area (Å²) in [6.07, 6.45) is 0. The van der Waals surface area contributed by atoms with Gasteiger partial charge in [0.1, 0.15) is 0 Å². The van der Waals surface area contributed by atoms with Gasteiger partial charge in [-0.3, -0.25) is 4.99 Å². The summed E-state index contributed by atoms with van der Waals surface area (Å²) >= 11 is 0. The second kappa shape index (κ2) is 8.19. The number of hydrogen-bond donors (Lipinski definition) is 3. The molecule has 2 rings (SSSR count). The molecule has 122 valence electrons. The Morgan fingerprint density at radius 2 is 1.91 bits per heavy atom. The summed E-state index contributed by atoms with van der Waals surface area (Å²) in [6, 6.07) is 16.5. The zero-order valence-corrected chi connectivity index (χ0v) is 13.8. The molecule has 0 fully saturated rings. The first-order valence-corrected chi connectivity index (χ1v) is 7.79. The van der Waals surface area contributed by atoms with E-state index in [4.69, 9.17) is 11.5 Å². The third-order valence-electron chi connectivity index (χ3n) is 3.57. The number of guanidine groups is 1. The molecule has 0 unspecified atom stereocenters. The van der Waals surface area contributed by atoms with Crippen LogP contribution in [0.4, 0.5) is 11.4 Å². The SMILES string of the molecule is CCN=C(N)Nc1ccc(N(C)Cc2ccccc2)c(CN)c1. The Labute approximate surface area is 138 Å². The van der Waals surface area contributed by atoms with Crippen LogP contribution in [-0.2, 0) is 13.1 Å². The maximum absolute atomic E-state index is 5.92. The number of rotatable bonds is 6. The number of aliphatic imine (C=N–C) groups is 1. The Morgan fingerprint density at radius 1 is 1.17 bits per heavy atom. The molecule has 0 aliphatic heterocycles. The van der Waals surface area contributed by atoms with E-state index in [1.54, 1.807) is 0 Å². The van der Waals surface area contributed by atoms with E-state index < -0.39 is 0 Å². The van der Waals surface area contributed by atoms with Crippen LogP contribution in [0.1, 0.15) is 18.1 Å². The third-order valence-corrected chi connectivity index (χ3v) is 3.57. The van der Waals surface area contributed by atoms with Gasteiger partial charge in [-0.05, 0) is 36.2 Å². The van der Waals surface area contributed by atoms with Crippen molar-refractivity contribution < 1.29 is 0 Å². The molecule has 2 aromatic rings. The highest BCUT2D eigenvalue weighted by molar-refractivity contribution is 5.92. The van der Waals surface area contributed by atoms with Crippen LogP contribution >= 0.6 is 0 Å². The molecule has 0 saturated carbocycles. The predicted molar refractivity (Wildman–Crippen MR) is 98.7 cm³/mol. The van der Waals surface area contributed by atoms with E-state index in [-0.39, 0.29) is 0 Å². The first kappa shape index (κ1) is 16.8. The van der Waals surface area contributed by atoms with E-state index in [2.05, 4.69) is 52.6 Å². The first-order chi connectivity index (χ1) is 11.1. The molecule has 0 amide bonds. The van der Waals surface area contributed by atoms with Gasteiger partial charge in [0.15, 0.2) is 5.96 Å². The molecule has 0 radical (unpaired) electrons. The summed E-state index contributed by atoms with van der Waals surface area (Å²) in [5.74, 6) is 0.417. The highest BCUT2D eigenvalue weighted by Crippen LogP contribution is 2.24. The average Bonchev–Trinajstić information content (AvgIpc) is 2.55. The third kappa shape index (κ3) is 4.72. The standard InChI is InChI=1S/C18H25N5/c1-3-21-18(20)22-16-9-10-17(15(11-16)12-19)23(2)13-14-7-5-4-6-8-14/h4-11H,3,12-13,19H2,1-2H3,(H3,20,21,22). The van der Waals surface area contributed by atoms with Crippen LogP contribution in [-0.4, -0.2) is 19.6 Å². The van der Waals surface area contributed by atoms with Crippen LogP contribution < -0.4 is 21.7 Å². The summed E-state index contributed by atoms with van der Waals surface area (Å²) in [6.45, 7) is 3.90. The Morgan fingerprint density at radius 3 is 2.57 bits per heavy atom. The van der Waals surface area contributed by atoms with Crippen molar-refractivity contribution in [3.8, 4) is 0 Å².